The molecule has 0 atom stereocenters. The molecule has 18 heavy (non-hydrogen) atoms. The van der Waals surface area contributed by atoms with Crippen LogP contribution in [-0.4, -0.2) is 15.8 Å². The van der Waals surface area contributed by atoms with Gasteiger partial charge in [0.15, 0.2) is 0 Å². The summed E-state index contributed by atoms with van der Waals surface area (Å²) in [4.78, 5) is 18.7. The summed E-state index contributed by atoms with van der Waals surface area (Å²) in [5, 5.41) is 0.712. The predicted molar refractivity (Wildman–Crippen MR) is 72.8 cm³/mol. The molecule has 94 valence electrons. The Balaban J connectivity index is 2.23. The molecule has 0 saturated heterocycles. The maximum absolute atomic E-state index is 11.0. The Morgan fingerprint density at radius 2 is 2.00 bits per heavy atom. The molecule has 0 amide bonds. The van der Waals surface area contributed by atoms with Crippen molar-refractivity contribution in [1.29, 1.82) is 0 Å². The molecule has 0 spiro atoms. The topological polar surface area (TPSA) is 45.8 Å². The van der Waals surface area contributed by atoms with E-state index in [2.05, 4.69) is 9.97 Å². The van der Waals surface area contributed by atoms with Crippen molar-refractivity contribution in [1.82, 2.24) is 9.97 Å². The van der Waals surface area contributed by atoms with Gasteiger partial charge >= 0.3 is 0 Å². The Kier molecular flexibility index (Phi) is 3.82. The van der Waals surface area contributed by atoms with Crippen LogP contribution in [0.3, 0.4) is 0 Å². The van der Waals surface area contributed by atoms with E-state index in [-0.39, 0.29) is 5.78 Å². The second-order valence-corrected chi connectivity index (χ2v) is 4.80. The zero-order valence-corrected chi connectivity index (χ0v) is 11.2. The summed E-state index contributed by atoms with van der Waals surface area (Å²) in [6.45, 7) is 3.57. The van der Waals surface area contributed by atoms with Crippen LogP contribution < -0.4 is 0 Å². The van der Waals surface area contributed by atoms with Gasteiger partial charge in [0.1, 0.15) is 11.6 Å². The summed E-state index contributed by atoms with van der Waals surface area (Å²) in [5.74, 6) is 1.03. The van der Waals surface area contributed by atoms with Crippen molar-refractivity contribution in [2.75, 3.05) is 0 Å². The Morgan fingerprint density at radius 3 is 2.61 bits per heavy atom. The zero-order valence-electron chi connectivity index (χ0n) is 10.5. The second kappa shape index (κ2) is 5.36. The minimum absolute atomic E-state index is 0.178. The van der Waals surface area contributed by atoms with Crippen molar-refractivity contribution in [3.05, 3.63) is 40.8 Å². The van der Waals surface area contributed by atoms with E-state index in [1.165, 1.54) is 0 Å². The van der Waals surface area contributed by atoms with Gasteiger partial charge in [0.2, 0.25) is 0 Å². The molecule has 0 aliphatic rings. The van der Waals surface area contributed by atoms with Crippen LogP contribution in [0.4, 0.5) is 0 Å². The third-order valence-electron chi connectivity index (χ3n) is 2.77. The fraction of sp³-hybridized carbons (Fsp3) is 0.286. The number of ketones is 1. The lowest BCUT2D eigenvalue weighted by atomic mass is 10.1. The fourth-order valence-electron chi connectivity index (χ4n) is 1.82. The molecule has 1 aromatic carbocycles. The van der Waals surface area contributed by atoms with Gasteiger partial charge < -0.3 is 9.78 Å². The van der Waals surface area contributed by atoms with Gasteiger partial charge in [-0.3, -0.25) is 0 Å². The molecule has 1 N–H and O–H groups in total. The molecule has 0 saturated carbocycles. The van der Waals surface area contributed by atoms with Gasteiger partial charge in [-0.05, 0) is 26.0 Å². The van der Waals surface area contributed by atoms with Gasteiger partial charge in [-0.25, -0.2) is 4.98 Å². The molecule has 2 rings (SSSR count). The Morgan fingerprint density at radius 1 is 1.33 bits per heavy atom. The number of benzene rings is 1. The van der Waals surface area contributed by atoms with Crippen molar-refractivity contribution in [2.24, 2.45) is 0 Å². The molecule has 0 unspecified atom stereocenters. The highest BCUT2D eigenvalue weighted by Crippen LogP contribution is 2.23. The number of hydrogen-bond acceptors (Lipinski definition) is 2. The van der Waals surface area contributed by atoms with Crippen LogP contribution in [0.25, 0.3) is 11.3 Å². The highest BCUT2D eigenvalue weighted by Gasteiger charge is 2.09. The van der Waals surface area contributed by atoms with Gasteiger partial charge in [-0.15, -0.1) is 0 Å². The minimum atomic E-state index is 0.178. The van der Waals surface area contributed by atoms with Crippen molar-refractivity contribution in [2.45, 2.75) is 26.7 Å². The SMILES string of the molecule is CC(=O)CCc1nc(-c2ccc(Cl)cc2)c(C)[nH]1. The van der Waals surface area contributed by atoms with E-state index < -0.39 is 0 Å². The first-order valence-electron chi connectivity index (χ1n) is 5.87. The van der Waals surface area contributed by atoms with E-state index in [0.717, 1.165) is 22.8 Å². The van der Waals surface area contributed by atoms with Crippen LogP contribution in [0.1, 0.15) is 24.9 Å². The number of halogens is 1. The van der Waals surface area contributed by atoms with Gasteiger partial charge in [0, 0.05) is 29.1 Å². The van der Waals surface area contributed by atoms with E-state index in [9.17, 15) is 4.79 Å². The number of hydrogen-bond donors (Lipinski definition) is 1. The van der Waals surface area contributed by atoms with Crippen LogP contribution in [0.2, 0.25) is 5.02 Å². The number of Topliss-reactive ketones (excluding diaryl/α,β-unsaturated/α-hetero) is 1. The Labute approximate surface area is 111 Å². The number of carbonyl (C=O) groups excluding carboxylic acids is 1. The van der Waals surface area contributed by atoms with Crippen LogP contribution >= 0.6 is 11.6 Å². The molecule has 1 heterocycles. The maximum atomic E-state index is 11.0. The number of aromatic amines is 1. The molecule has 4 heteroatoms. The van der Waals surface area contributed by atoms with E-state index in [1.54, 1.807) is 6.92 Å². The van der Waals surface area contributed by atoms with Gasteiger partial charge in [-0.2, -0.15) is 0 Å². The summed E-state index contributed by atoms with van der Waals surface area (Å²) in [5.41, 5.74) is 2.96. The zero-order chi connectivity index (χ0) is 13.1. The average Bonchev–Trinajstić information content (AvgIpc) is 2.69. The summed E-state index contributed by atoms with van der Waals surface area (Å²) in [6, 6.07) is 7.58. The van der Waals surface area contributed by atoms with E-state index in [4.69, 9.17) is 11.6 Å². The third kappa shape index (κ3) is 2.99. The van der Waals surface area contributed by atoms with Crippen LogP contribution in [0, 0.1) is 6.92 Å². The predicted octanol–water partition coefficient (Wildman–Crippen LogP) is 3.56. The maximum Gasteiger partial charge on any atom is 0.130 e. The molecule has 0 aliphatic carbocycles. The van der Waals surface area contributed by atoms with Crippen molar-refractivity contribution >= 4 is 17.4 Å². The lowest BCUT2D eigenvalue weighted by Crippen LogP contribution is -1.95. The van der Waals surface area contributed by atoms with E-state index in [1.807, 2.05) is 31.2 Å². The monoisotopic (exact) mass is 262 g/mol. The summed E-state index contributed by atoms with van der Waals surface area (Å²) in [6.07, 6.45) is 1.18. The second-order valence-electron chi connectivity index (χ2n) is 4.37. The van der Waals surface area contributed by atoms with Crippen LogP contribution in [-0.2, 0) is 11.2 Å². The number of aryl methyl sites for hydroxylation is 2. The first kappa shape index (κ1) is 12.8. The van der Waals surface area contributed by atoms with Gasteiger partial charge in [0.05, 0.1) is 5.69 Å². The lowest BCUT2D eigenvalue weighted by Gasteiger charge is -1.98. The number of H-pyrrole nitrogens is 1. The molecule has 0 fully saturated rings. The minimum Gasteiger partial charge on any atom is -0.346 e. The molecule has 2 aromatic rings. The molecular formula is C14H15ClN2O. The first-order valence-corrected chi connectivity index (χ1v) is 6.25. The molecule has 0 radical (unpaired) electrons. The third-order valence-corrected chi connectivity index (χ3v) is 3.02. The quantitative estimate of drug-likeness (QED) is 0.916. The van der Waals surface area contributed by atoms with E-state index in [0.29, 0.717) is 17.9 Å². The smallest absolute Gasteiger partial charge is 0.130 e. The average molecular weight is 263 g/mol. The van der Waals surface area contributed by atoms with Crippen molar-refractivity contribution < 1.29 is 4.79 Å². The van der Waals surface area contributed by atoms with Crippen molar-refractivity contribution in [3.8, 4) is 11.3 Å². The first-order chi connectivity index (χ1) is 8.56. The highest BCUT2D eigenvalue weighted by atomic mass is 35.5. The lowest BCUT2D eigenvalue weighted by molar-refractivity contribution is -0.117. The number of aromatic nitrogens is 2. The van der Waals surface area contributed by atoms with Gasteiger partial charge in [0.25, 0.3) is 0 Å². The Bertz CT molecular complexity index is 558. The Hall–Kier alpha value is -1.61. The molecular weight excluding hydrogens is 248 g/mol. The highest BCUT2D eigenvalue weighted by molar-refractivity contribution is 6.30. The number of imidazole rings is 1. The number of carbonyl (C=O) groups is 1. The molecule has 0 aliphatic heterocycles. The van der Waals surface area contributed by atoms with E-state index >= 15 is 0 Å². The number of nitrogens with zero attached hydrogens (tertiary/aromatic N) is 1. The summed E-state index contributed by atoms with van der Waals surface area (Å²) < 4.78 is 0. The van der Waals surface area contributed by atoms with Crippen LogP contribution in [0.15, 0.2) is 24.3 Å². The summed E-state index contributed by atoms with van der Waals surface area (Å²) >= 11 is 5.86. The normalized spacial score (nSPS) is 10.6. The largest absolute Gasteiger partial charge is 0.346 e. The van der Waals surface area contributed by atoms with Crippen LogP contribution in [0.5, 0.6) is 0 Å². The van der Waals surface area contributed by atoms with Crippen molar-refractivity contribution in [3.63, 3.8) is 0 Å². The standard InChI is InChI=1S/C14H15ClN2O/c1-9(18)3-8-13-16-10(2)14(17-13)11-4-6-12(15)7-5-11/h4-7H,3,8H2,1-2H3,(H,16,17). The molecule has 3 nitrogen and oxygen atoms in total. The summed E-state index contributed by atoms with van der Waals surface area (Å²) in [7, 11) is 0. The number of rotatable bonds is 4. The number of nitrogens with one attached hydrogen (secondary N) is 1. The van der Waals surface area contributed by atoms with Gasteiger partial charge in [-0.1, -0.05) is 23.7 Å². The fourth-order valence-corrected chi connectivity index (χ4v) is 1.95. The molecule has 1 aromatic heterocycles. The molecule has 0 bridgehead atoms.